The number of anilines is 1. The van der Waals surface area contributed by atoms with E-state index in [1.807, 2.05) is 0 Å². The Balaban J connectivity index is 1.74. The molecule has 0 bridgehead atoms. The molecule has 148 valence electrons. The lowest BCUT2D eigenvalue weighted by atomic mass is 10.2. The molecule has 28 heavy (non-hydrogen) atoms. The molecule has 0 heterocycles. The van der Waals surface area contributed by atoms with E-state index in [0.717, 1.165) is 17.1 Å². The van der Waals surface area contributed by atoms with Crippen LogP contribution < -0.4 is 19.9 Å². The van der Waals surface area contributed by atoms with Gasteiger partial charge in [-0.05, 0) is 49.2 Å². The van der Waals surface area contributed by atoms with Gasteiger partial charge >= 0.3 is 0 Å². The van der Waals surface area contributed by atoms with Crippen molar-refractivity contribution >= 4 is 27.5 Å². The number of nitrogens with one attached hydrogen (secondary N) is 2. The third-order valence-electron chi connectivity index (χ3n) is 4.45. The molecular weight excluding hydrogens is 382 g/mol. The SMILES string of the molecule is COc1ccccc1N(C)S(=O)(=O)c1ccc(C(=O)NNC(=O)C2CC2)cc1. The molecule has 1 fully saturated rings. The van der Waals surface area contributed by atoms with Crippen molar-refractivity contribution in [2.45, 2.75) is 17.7 Å². The van der Waals surface area contributed by atoms with Gasteiger partial charge in [0.05, 0.1) is 17.7 Å². The largest absolute Gasteiger partial charge is 0.495 e. The first-order valence-electron chi connectivity index (χ1n) is 8.67. The predicted octanol–water partition coefficient (Wildman–Crippen LogP) is 1.69. The van der Waals surface area contributed by atoms with Crippen molar-refractivity contribution in [1.29, 1.82) is 0 Å². The molecule has 2 aromatic rings. The highest BCUT2D eigenvalue weighted by Crippen LogP contribution is 2.31. The first-order valence-corrected chi connectivity index (χ1v) is 10.1. The molecule has 8 nitrogen and oxygen atoms in total. The van der Waals surface area contributed by atoms with Crippen LogP contribution >= 0.6 is 0 Å². The summed E-state index contributed by atoms with van der Waals surface area (Å²) in [6.07, 6.45) is 1.65. The third-order valence-corrected chi connectivity index (χ3v) is 6.23. The number of carbonyl (C=O) groups excluding carboxylic acids is 2. The Morgan fingerprint density at radius 2 is 1.68 bits per heavy atom. The van der Waals surface area contributed by atoms with Crippen LogP contribution in [0.1, 0.15) is 23.2 Å². The average Bonchev–Trinajstić information content (AvgIpc) is 3.56. The number of benzene rings is 2. The Labute approximate surface area is 163 Å². The minimum atomic E-state index is -3.84. The summed E-state index contributed by atoms with van der Waals surface area (Å²) >= 11 is 0. The standard InChI is InChI=1S/C19H21N3O5S/c1-22(16-5-3-4-6-17(16)27-2)28(25,26)15-11-9-14(10-12-15)19(24)21-20-18(23)13-7-8-13/h3-6,9-13H,7-8H2,1-2H3,(H,20,23)(H,21,24). The Kier molecular flexibility index (Phi) is 5.55. The zero-order valence-electron chi connectivity index (χ0n) is 15.5. The number of hydrogen-bond acceptors (Lipinski definition) is 5. The van der Waals surface area contributed by atoms with Crippen molar-refractivity contribution in [3.63, 3.8) is 0 Å². The Morgan fingerprint density at radius 3 is 2.29 bits per heavy atom. The summed E-state index contributed by atoms with van der Waals surface area (Å²) in [6.45, 7) is 0. The molecule has 3 rings (SSSR count). The molecule has 0 aliphatic heterocycles. The number of hydrazine groups is 1. The zero-order chi connectivity index (χ0) is 20.3. The molecule has 0 radical (unpaired) electrons. The van der Waals surface area contributed by atoms with E-state index in [9.17, 15) is 18.0 Å². The van der Waals surface area contributed by atoms with Crippen LogP contribution in [0.25, 0.3) is 0 Å². The highest BCUT2D eigenvalue weighted by Gasteiger charge is 2.30. The quantitative estimate of drug-likeness (QED) is 0.714. The Morgan fingerprint density at radius 1 is 1.04 bits per heavy atom. The van der Waals surface area contributed by atoms with Crippen LogP contribution in [-0.2, 0) is 14.8 Å². The smallest absolute Gasteiger partial charge is 0.269 e. The van der Waals surface area contributed by atoms with Gasteiger partial charge in [0, 0.05) is 18.5 Å². The van der Waals surface area contributed by atoms with E-state index in [0.29, 0.717) is 11.4 Å². The lowest BCUT2D eigenvalue weighted by molar-refractivity contribution is -0.123. The minimum Gasteiger partial charge on any atom is -0.495 e. The van der Waals surface area contributed by atoms with E-state index in [2.05, 4.69) is 10.9 Å². The molecule has 0 saturated heterocycles. The number of carbonyl (C=O) groups is 2. The second-order valence-corrected chi connectivity index (χ2v) is 8.36. The van der Waals surface area contributed by atoms with Gasteiger partial charge in [-0.1, -0.05) is 12.1 Å². The minimum absolute atomic E-state index is 0.0273. The molecule has 0 aromatic heterocycles. The number of para-hydroxylation sites is 2. The van der Waals surface area contributed by atoms with Gasteiger partial charge in [0.25, 0.3) is 15.9 Å². The second kappa shape index (κ2) is 7.89. The van der Waals surface area contributed by atoms with Crippen molar-refractivity contribution in [3.05, 3.63) is 54.1 Å². The summed E-state index contributed by atoms with van der Waals surface area (Å²) in [5.74, 6) is -0.337. The monoisotopic (exact) mass is 403 g/mol. The molecular formula is C19H21N3O5S. The summed E-state index contributed by atoms with van der Waals surface area (Å²) in [6, 6.07) is 12.2. The molecule has 2 N–H and O–H groups in total. The summed E-state index contributed by atoms with van der Waals surface area (Å²) < 4.78 is 32.1. The number of methoxy groups -OCH3 is 1. The van der Waals surface area contributed by atoms with E-state index in [1.54, 1.807) is 24.3 Å². The molecule has 9 heteroatoms. The maximum atomic E-state index is 12.9. The van der Waals surface area contributed by atoms with Gasteiger partial charge in [0.1, 0.15) is 5.75 Å². The molecule has 0 unspecified atom stereocenters. The fourth-order valence-corrected chi connectivity index (χ4v) is 3.80. The molecule has 0 atom stereocenters. The third kappa shape index (κ3) is 4.09. The molecule has 1 aliphatic rings. The fraction of sp³-hybridized carbons (Fsp3) is 0.263. The predicted molar refractivity (Wildman–Crippen MR) is 103 cm³/mol. The van der Waals surface area contributed by atoms with Crippen molar-refractivity contribution in [3.8, 4) is 5.75 Å². The van der Waals surface area contributed by atoms with Crippen LogP contribution in [0.15, 0.2) is 53.4 Å². The van der Waals surface area contributed by atoms with Crippen molar-refractivity contribution in [1.82, 2.24) is 10.9 Å². The molecule has 0 spiro atoms. The van der Waals surface area contributed by atoms with Crippen LogP contribution in [-0.4, -0.2) is 34.4 Å². The van der Waals surface area contributed by atoms with E-state index in [-0.39, 0.29) is 22.3 Å². The summed E-state index contributed by atoms with van der Waals surface area (Å²) in [4.78, 5) is 23.7. The van der Waals surface area contributed by atoms with Gasteiger partial charge < -0.3 is 4.74 Å². The van der Waals surface area contributed by atoms with E-state index < -0.39 is 15.9 Å². The van der Waals surface area contributed by atoms with Gasteiger partial charge in [0.2, 0.25) is 5.91 Å². The molecule has 1 aliphatic carbocycles. The Hall–Kier alpha value is -3.07. The van der Waals surface area contributed by atoms with Gasteiger partial charge in [-0.25, -0.2) is 8.42 Å². The molecule has 2 amide bonds. The van der Waals surface area contributed by atoms with E-state index in [1.165, 1.54) is 38.4 Å². The van der Waals surface area contributed by atoms with Crippen LogP contribution in [0.4, 0.5) is 5.69 Å². The topological polar surface area (TPSA) is 105 Å². The summed E-state index contributed by atoms with van der Waals surface area (Å²) in [7, 11) is -0.945. The first kappa shape index (κ1) is 19.7. The molecule has 2 aromatic carbocycles. The van der Waals surface area contributed by atoms with Gasteiger partial charge in [-0.3, -0.25) is 24.7 Å². The fourth-order valence-electron chi connectivity index (χ4n) is 2.59. The highest BCUT2D eigenvalue weighted by molar-refractivity contribution is 7.92. The number of nitrogens with zero attached hydrogens (tertiary/aromatic N) is 1. The number of sulfonamides is 1. The maximum absolute atomic E-state index is 12.9. The maximum Gasteiger partial charge on any atom is 0.269 e. The van der Waals surface area contributed by atoms with Crippen molar-refractivity contribution in [2.24, 2.45) is 5.92 Å². The lowest BCUT2D eigenvalue weighted by Gasteiger charge is -2.21. The second-order valence-electron chi connectivity index (χ2n) is 6.39. The number of ether oxygens (including phenoxy) is 1. The van der Waals surface area contributed by atoms with Crippen LogP contribution in [0.3, 0.4) is 0 Å². The lowest BCUT2D eigenvalue weighted by Crippen LogP contribution is -2.42. The first-order chi connectivity index (χ1) is 13.3. The van der Waals surface area contributed by atoms with E-state index in [4.69, 9.17) is 4.74 Å². The van der Waals surface area contributed by atoms with Crippen LogP contribution in [0, 0.1) is 5.92 Å². The van der Waals surface area contributed by atoms with Crippen molar-refractivity contribution < 1.29 is 22.7 Å². The number of amides is 2. The van der Waals surface area contributed by atoms with Crippen molar-refractivity contribution in [2.75, 3.05) is 18.5 Å². The molecule has 1 saturated carbocycles. The highest BCUT2D eigenvalue weighted by atomic mass is 32.2. The normalized spacial score (nSPS) is 13.5. The van der Waals surface area contributed by atoms with E-state index >= 15 is 0 Å². The summed E-state index contributed by atoms with van der Waals surface area (Å²) in [5, 5.41) is 0. The van der Waals surface area contributed by atoms with Gasteiger partial charge in [-0.15, -0.1) is 0 Å². The Bertz CT molecular complexity index is 985. The summed E-state index contributed by atoms with van der Waals surface area (Å²) in [5.41, 5.74) is 5.32. The number of rotatable bonds is 6. The van der Waals surface area contributed by atoms with Gasteiger partial charge in [0.15, 0.2) is 0 Å². The van der Waals surface area contributed by atoms with Crippen LogP contribution in [0.5, 0.6) is 5.75 Å². The average molecular weight is 403 g/mol. The van der Waals surface area contributed by atoms with Crippen LogP contribution in [0.2, 0.25) is 0 Å². The van der Waals surface area contributed by atoms with Gasteiger partial charge in [-0.2, -0.15) is 0 Å². The zero-order valence-corrected chi connectivity index (χ0v) is 16.3. The number of hydrogen-bond donors (Lipinski definition) is 2.